The van der Waals surface area contributed by atoms with Crippen molar-refractivity contribution < 1.29 is 14.3 Å². The predicted octanol–water partition coefficient (Wildman–Crippen LogP) is 2.68. The minimum atomic E-state index is -0.832. The summed E-state index contributed by atoms with van der Waals surface area (Å²) in [6, 6.07) is 11.4. The molecule has 24 heavy (non-hydrogen) atoms. The fraction of sp³-hybridized carbons (Fsp3) is 0.389. The quantitative estimate of drug-likeness (QED) is 0.827. The molecule has 1 heterocycles. The summed E-state index contributed by atoms with van der Waals surface area (Å²) in [5.41, 5.74) is 1.79. The van der Waals surface area contributed by atoms with Gasteiger partial charge < -0.3 is 10.1 Å². The average molecular weight is 327 g/mol. The first kappa shape index (κ1) is 16.2. The van der Waals surface area contributed by atoms with Crippen molar-refractivity contribution >= 4 is 11.9 Å². The third-order valence-corrected chi connectivity index (χ3v) is 4.22. The second-order valence-electron chi connectivity index (χ2n) is 6.07. The largest absolute Gasteiger partial charge is 0.448 e. The van der Waals surface area contributed by atoms with Gasteiger partial charge >= 0.3 is 5.97 Å². The molecule has 0 aliphatic heterocycles. The number of aromatic nitrogens is 2. The Morgan fingerprint density at radius 3 is 2.67 bits per heavy atom. The van der Waals surface area contributed by atoms with Crippen molar-refractivity contribution in [2.75, 3.05) is 0 Å². The predicted molar refractivity (Wildman–Crippen MR) is 89.3 cm³/mol. The van der Waals surface area contributed by atoms with Crippen molar-refractivity contribution in [2.45, 2.75) is 44.8 Å². The van der Waals surface area contributed by atoms with Gasteiger partial charge in [-0.05, 0) is 25.8 Å². The van der Waals surface area contributed by atoms with Crippen LogP contribution in [0, 0.1) is 0 Å². The van der Waals surface area contributed by atoms with Crippen LogP contribution in [0.2, 0.25) is 0 Å². The van der Waals surface area contributed by atoms with Crippen LogP contribution in [0.1, 0.15) is 43.1 Å². The molecule has 0 radical (unpaired) electrons. The van der Waals surface area contributed by atoms with Gasteiger partial charge in [0.1, 0.15) is 5.69 Å². The van der Waals surface area contributed by atoms with E-state index in [-0.39, 0.29) is 17.6 Å². The Balaban J connectivity index is 1.58. The second-order valence-corrected chi connectivity index (χ2v) is 6.07. The Morgan fingerprint density at radius 2 is 1.96 bits per heavy atom. The van der Waals surface area contributed by atoms with E-state index in [9.17, 15) is 9.59 Å². The number of benzene rings is 1. The molecule has 2 N–H and O–H groups in total. The number of nitrogens with zero attached hydrogens (tertiary/aromatic N) is 1. The number of hydrogen-bond donors (Lipinski definition) is 2. The first-order chi connectivity index (χ1) is 11.6. The topological polar surface area (TPSA) is 84.1 Å². The zero-order valence-electron chi connectivity index (χ0n) is 13.6. The van der Waals surface area contributed by atoms with E-state index < -0.39 is 12.1 Å². The molecule has 0 unspecified atom stereocenters. The molecule has 3 rings (SSSR count). The Morgan fingerprint density at radius 1 is 1.25 bits per heavy atom. The number of carbonyl (C=O) groups excluding carboxylic acids is 2. The summed E-state index contributed by atoms with van der Waals surface area (Å²) in [4.78, 5) is 24.2. The van der Waals surface area contributed by atoms with Crippen molar-refractivity contribution in [3.05, 3.63) is 42.1 Å². The summed E-state index contributed by atoms with van der Waals surface area (Å²) < 4.78 is 5.24. The normalized spacial score (nSPS) is 15.9. The molecule has 6 heteroatoms. The van der Waals surface area contributed by atoms with Crippen LogP contribution in [0.25, 0.3) is 11.3 Å². The highest BCUT2D eigenvalue weighted by Crippen LogP contribution is 2.19. The number of carbonyl (C=O) groups is 2. The zero-order valence-corrected chi connectivity index (χ0v) is 13.6. The Kier molecular flexibility index (Phi) is 4.93. The third kappa shape index (κ3) is 3.82. The van der Waals surface area contributed by atoms with Crippen molar-refractivity contribution in [1.29, 1.82) is 0 Å². The molecule has 0 saturated heterocycles. The highest BCUT2D eigenvalue weighted by molar-refractivity contribution is 5.91. The van der Waals surface area contributed by atoms with E-state index in [1.54, 1.807) is 13.0 Å². The van der Waals surface area contributed by atoms with Gasteiger partial charge in [0.15, 0.2) is 6.10 Å². The number of H-pyrrole nitrogens is 1. The minimum absolute atomic E-state index is 0.204. The fourth-order valence-electron chi connectivity index (χ4n) is 2.85. The fourth-order valence-corrected chi connectivity index (χ4v) is 2.85. The van der Waals surface area contributed by atoms with Crippen LogP contribution in [0.3, 0.4) is 0 Å². The van der Waals surface area contributed by atoms with Gasteiger partial charge in [-0.15, -0.1) is 0 Å². The van der Waals surface area contributed by atoms with Gasteiger partial charge in [0.2, 0.25) is 0 Å². The molecule has 0 bridgehead atoms. The first-order valence-electron chi connectivity index (χ1n) is 8.25. The summed E-state index contributed by atoms with van der Waals surface area (Å²) in [5.74, 6) is -0.836. The molecule has 1 fully saturated rings. The lowest BCUT2D eigenvalue weighted by Gasteiger charge is -2.16. The molecule has 1 aliphatic rings. The van der Waals surface area contributed by atoms with Gasteiger partial charge in [-0.25, -0.2) is 4.79 Å². The number of nitrogens with one attached hydrogen (secondary N) is 2. The summed E-state index contributed by atoms with van der Waals surface area (Å²) in [5, 5.41) is 9.71. The number of amides is 1. The van der Waals surface area contributed by atoms with Crippen LogP contribution in [-0.4, -0.2) is 34.2 Å². The highest BCUT2D eigenvalue weighted by Gasteiger charge is 2.24. The number of rotatable bonds is 5. The van der Waals surface area contributed by atoms with E-state index in [1.807, 2.05) is 30.3 Å². The average Bonchev–Trinajstić information content (AvgIpc) is 3.27. The van der Waals surface area contributed by atoms with Gasteiger partial charge in [0.05, 0.1) is 5.69 Å². The molecule has 126 valence electrons. The number of esters is 1. The van der Waals surface area contributed by atoms with E-state index >= 15 is 0 Å². The van der Waals surface area contributed by atoms with E-state index in [0.29, 0.717) is 5.69 Å². The lowest BCUT2D eigenvalue weighted by molar-refractivity contribution is -0.129. The lowest BCUT2D eigenvalue weighted by atomic mass is 10.1. The van der Waals surface area contributed by atoms with Gasteiger partial charge in [-0.2, -0.15) is 5.10 Å². The summed E-state index contributed by atoms with van der Waals surface area (Å²) >= 11 is 0. The van der Waals surface area contributed by atoms with Crippen LogP contribution in [-0.2, 0) is 9.53 Å². The van der Waals surface area contributed by atoms with E-state index in [1.165, 1.54) is 0 Å². The number of ether oxygens (including phenoxy) is 1. The molecule has 1 saturated carbocycles. The summed E-state index contributed by atoms with van der Waals surface area (Å²) in [7, 11) is 0. The Hall–Kier alpha value is -2.63. The zero-order chi connectivity index (χ0) is 16.9. The van der Waals surface area contributed by atoms with Crippen molar-refractivity contribution in [2.24, 2.45) is 0 Å². The summed E-state index contributed by atoms with van der Waals surface area (Å²) in [6.45, 7) is 1.58. The molecule has 0 spiro atoms. The number of hydrogen-bond acceptors (Lipinski definition) is 4. The minimum Gasteiger partial charge on any atom is -0.448 e. The Labute approximate surface area is 140 Å². The van der Waals surface area contributed by atoms with Crippen LogP contribution in [0.4, 0.5) is 0 Å². The number of aromatic amines is 1. The Bertz CT molecular complexity index is 705. The summed E-state index contributed by atoms with van der Waals surface area (Å²) in [6.07, 6.45) is 3.42. The van der Waals surface area contributed by atoms with E-state index in [4.69, 9.17) is 4.74 Å². The van der Waals surface area contributed by atoms with Crippen LogP contribution in [0.5, 0.6) is 0 Å². The smallest absolute Gasteiger partial charge is 0.357 e. The second kappa shape index (κ2) is 7.29. The monoisotopic (exact) mass is 327 g/mol. The van der Waals surface area contributed by atoms with Gasteiger partial charge in [0.25, 0.3) is 5.91 Å². The molecule has 1 aliphatic carbocycles. The van der Waals surface area contributed by atoms with E-state index in [0.717, 1.165) is 31.2 Å². The van der Waals surface area contributed by atoms with Crippen molar-refractivity contribution in [1.82, 2.24) is 15.5 Å². The van der Waals surface area contributed by atoms with Crippen LogP contribution < -0.4 is 5.32 Å². The molecular weight excluding hydrogens is 306 g/mol. The SMILES string of the molecule is C[C@@H](OC(=O)c1cc(-c2ccccc2)n[nH]1)C(=O)NC1CCCC1. The molecule has 2 aromatic rings. The lowest BCUT2D eigenvalue weighted by Crippen LogP contribution is -2.40. The standard InChI is InChI=1S/C18H21N3O3/c1-12(17(22)19-14-9-5-6-10-14)24-18(23)16-11-15(20-21-16)13-7-3-2-4-8-13/h2-4,7-8,11-12,14H,5-6,9-10H2,1H3,(H,19,22)(H,20,21)/t12-/m1/s1. The molecule has 1 aromatic carbocycles. The highest BCUT2D eigenvalue weighted by atomic mass is 16.5. The van der Waals surface area contributed by atoms with Crippen molar-refractivity contribution in [3.8, 4) is 11.3 Å². The first-order valence-corrected chi connectivity index (χ1v) is 8.25. The maximum Gasteiger partial charge on any atom is 0.357 e. The van der Waals surface area contributed by atoms with Crippen molar-refractivity contribution in [3.63, 3.8) is 0 Å². The third-order valence-electron chi connectivity index (χ3n) is 4.22. The maximum atomic E-state index is 12.2. The molecule has 1 aromatic heterocycles. The molecule has 1 atom stereocenters. The molecular formula is C18H21N3O3. The van der Waals surface area contributed by atoms with Gasteiger partial charge in [-0.1, -0.05) is 43.2 Å². The maximum absolute atomic E-state index is 12.2. The molecule has 6 nitrogen and oxygen atoms in total. The molecule has 1 amide bonds. The van der Waals surface area contributed by atoms with E-state index in [2.05, 4.69) is 15.5 Å². The van der Waals surface area contributed by atoms with Crippen LogP contribution >= 0.6 is 0 Å². The van der Waals surface area contributed by atoms with Gasteiger partial charge in [-0.3, -0.25) is 9.89 Å². The van der Waals surface area contributed by atoms with Gasteiger partial charge in [0, 0.05) is 11.6 Å². The van der Waals surface area contributed by atoms with Crippen LogP contribution in [0.15, 0.2) is 36.4 Å².